The van der Waals surface area contributed by atoms with Crippen molar-refractivity contribution in [2.45, 2.75) is 6.92 Å². The topological polar surface area (TPSA) is 71.8 Å². The van der Waals surface area contributed by atoms with E-state index in [0.717, 1.165) is 5.39 Å². The van der Waals surface area contributed by atoms with Crippen LogP contribution >= 0.6 is 7.52 Å². The first-order chi connectivity index (χ1) is 12.6. The molecule has 2 heterocycles. The molecule has 1 aliphatic heterocycles. The molecule has 0 spiro atoms. The highest BCUT2D eigenvalue weighted by atomic mass is 31.2. The van der Waals surface area contributed by atoms with Gasteiger partial charge in [-0.1, -0.05) is 36.4 Å². The fraction of sp³-hybridized carbons (Fsp3) is 0.105. The average Bonchev–Trinajstić information content (AvgIpc) is 2.99. The maximum atomic E-state index is 13.3. The fourth-order valence-corrected chi connectivity index (χ4v) is 4.79. The molecule has 4 rings (SSSR count). The molecule has 1 aromatic heterocycles. The van der Waals surface area contributed by atoms with Gasteiger partial charge in [0.1, 0.15) is 5.58 Å². The molecule has 0 saturated carbocycles. The molecule has 132 valence electrons. The number of benzene rings is 2. The highest BCUT2D eigenvalue weighted by Gasteiger charge is 2.38. The van der Waals surface area contributed by atoms with Crippen LogP contribution in [0.5, 0.6) is 0 Å². The molecule has 1 atom stereocenters. The summed E-state index contributed by atoms with van der Waals surface area (Å²) in [6, 6.07) is 18.2. The Morgan fingerprint density at radius 2 is 1.85 bits per heavy atom. The van der Waals surface area contributed by atoms with Crippen LogP contribution < -0.4 is 15.8 Å². The van der Waals surface area contributed by atoms with E-state index in [9.17, 15) is 9.36 Å². The number of rotatable bonds is 4. The lowest BCUT2D eigenvalue weighted by atomic mass is 10.1. The van der Waals surface area contributed by atoms with Gasteiger partial charge in [-0.15, -0.1) is 0 Å². The zero-order chi connectivity index (χ0) is 18.1. The summed E-state index contributed by atoms with van der Waals surface area (Å²) in [5.74, 6) is 1.48. The van der Waals surface area contributed by atoms with Gasteiger partial charge in [0, 0.05) is 11.2 Å². The van der Waals surface area contributed by atoms with Crippen LogP contribution in [-0.2, 0) is 9.09 Å². The van der Waals surface area contributed by atoms with E-state index >= 15 is 0 Å². The van der Waals surface area contributed by atoms with E-state index in [-0.39, 0.29) is 6.61 Å². The Morgan fingerprint density at radius 1 is 1.12 bits per heavy atom. The quantitative estimate of drug-likeness (QED) is 0.545. The molecule has 3 aromatic rings. The van der Waals surface area contributed by atoms with Crippen LogP contribution in [0.25, 0.3) is 16.7 Å². The van der Waals surface area contributed by atoms with Crippen molar-refractivity contribution in [1.82, 2.24) is 5.43 Å². The summed E-state index contributed by atoms with van der Waals surface area (Å²) >= 11 is 0. The Labute approximate surface area is 150 Å². The predicted octanol–water partition coefficient (Wildman–Crippen LogP) is 4.35. The SMILES string of the molecule is CCOP1(=O)C=C(c2cc3ccccc3oc2=O)NN1c1ccccc1. The molecule has 0 saturated heterocycles. The molecular formula is C19H17N2O4P. The lowest BCUT2D eigenvalue weighted by Gasteiger charge is -2.25. The standard InChI is InChI=1S/C19H17N2O4P/c1-2-24-26(23)13-17(20-21(26)15-9-4-3-5-10-15)16-12-14-8-6-7-11-18(14)25-19(16)22/h3-13,20H,2H2,1H3. The molecule has 0 bridgehead atoms. The second-order valence-electron chi connectivity index (χ2n) is 5.77. The van der Waals surface area contributed by atoms with Crippen LogP contribution in [0, 0.1) is 0 Å². The number of fused-ring (bicyclic) bond motifs is 1. The number of nitrogens with zero attached hydrogens (tertiary/aromatic N) is 1. The summed E-state index contributed by atoms with van der Waals surface area (Å²) in [5, 5.41) is 0.786. The zero-order valence-electron chi connectivity index (χ0n) is 14.1. The van der Waals surface area contributed by atoms with Gasteiger partial charge in [-0.25, -0.2) is 9.57 Å². The number of hydrogen-bond acceptors (Lipinski definition) is 5. The third-order valence-corrected chi connectivity index (χ3v) is 6.14. The molecule has 0 fully saturated rings. The smallest absolute Gasteiger partial charge is 0.345 e. The summed E-state index contributed by atoms with van der Waals surface area (Å²) in [4.78, 5) is 12.4. The van der Waals surface area contributed by atoms with E-state index < -0.39 is 13.1 Å². The number of anilines is 1. The van der Waals surface area contributed by atoms with Crippen molar-refractivity contribution in [2.75, 3.05) is 11.4 Å². The summed E-state index contributed by atoms with van der Waals surface area (Å²) in [6.45, 7) is 2.05. The third-order valence-electron chi connectivity index (χ3n) is 4.04. The second-order valence-corrected chi connectivity index (χ2v) is 7.81. The average molecular weight is 368 g/mol. The van der Waals surface area contributed by atoms with Crippen LogP contribution in [0.15, 0.2) is 75.7 Å². The molecule has 1 unspecified atom stereocenters. The predicted molar refractivity (Wildman–Crippen MR) is 102 cm³/mol. The van der Waals surface area contributed by atoms with Gasteiger partial charge in [-0.2, -0.15) is 0 Å². The van der Waals surface area contributed by atoms with Crippen LogP contribution in [0.3, 0.4) is 0 Å². The van der Waals surface area contributed by atoms with Gasteiger partial charge < -0.3 is 8.94 Å². The van der Waals surface area contributed by atoms with Gasteiger partial charge >= 0.3 is 13.1 Å². The van der Waals surface area contributed by atoms with Crippen molar-refractivity contribution < 1.29 is 13.5 Å². The lowest BCUT2D eigenvalue weighted by molar-refractivity contribution is 0.338. The molecule has 2 aromatic carbocycles. The monoisotopic (exact) mass is 368 g/mol. The van der Waals surface area contributed by atoms with E-state index in [0.29, 0.717) is 22.5 Å². The first-order valence-corrected chi connectivity index (χ1v) is 9.88. The van der Waals surface area contributed by atoms with Crippen molar-refractivity contribution in [3.05, 3.63) is 82.5 Å². The highest BCUT2D eigenvalue weighted by Crippen LogP contribution is 2.58. The molecule has 0 aliphatic carbocycles. The van der Waals surface area contributed by atoms with Gasteiger partial charge in [0.25, 0.3) is 0 Å². The second kappa shape index (κ2) is 6.48. The van der Waals surface area contributed by atoms with Crippen molar-refractivity contribution in [1.29, 1.82) is 0 Å². The Bertz CT molecular complexity index is 1090. The Balaban J connectivity index is 1.81. The minimum atomic E-state index is -3.32. The first-order valence-electron chi connectivity index (χ1n) is 8.23. The normalized spacial score (nSPS) is 19.4. The summed E-state index contributed by atoms with van der Waals surface area (Å²) < 4.78 is 25.7. The fourth-order valence-electron chi connectivity index (χ4n) is 2.89. The molecule has 1 N–H and O–H groups in total. The Morgan fingerprint density at radius 3 is 2.62 bits per heavy atom. The van der Waals surface area contributed by atoms with Crippen molar-refractivity contribution in [2.24, 2.45) is 0 Å². The van der Waals surface area contributed by atoms with E-state index in [4.69, 9.17) is 8.94 Å². The number of para-hydroxylation sites is 2. The molecule has 6 nitrogen and oxygen atoms in total. The van der Waals surface area contributed by atoms with E-state index in [1.54, 1.807) is 25.1 Å². The van der Waals surface area contributed by atoms with Gasteiger partial charge in [0.05, 0.1) is 23.6 Å². The molecule has 0 radical (unpaired) electrons. The summed E-state index contributed by atoms with van der Waals surface area (Å²) in [7, 11) is -3.32. The van der Waals surface area contributed by atoms with E-state index in [2.05, 4.69) is 5.43 Å². The molecular weight excluding hydrogens is 351 g/mol. The largest absolute Gasteiger partial charge is 0.422 e. The summed E-state index contributed by atoms with van der Waals surface area (Å²) in [6.07, 6.45) is 0. The van der Waals surface area contributed by atoms with Crippen LogP contribution in [0.2, 0.25) is 0 Å². The zero-order valence-corrected chi connectivity index (χ0v) is 15.0. The Hall–Kier alpha value is -2.82. The summed E-state index contributed by atoms with van der Waals surface area (Å²) in [5.41, 5.74) is 4.45. The van der Waals surface area contributed by atoms with Crippen molar-refractivity contribution >= 4 is 29.9 Å². The molecule has 1 aliphatic rings. The van der Waals surface area contributed by atoms with E-state index in [1.807, 2.05) is 42.5 Å². The number of nitrogens with one attached hydrogen (secondary N) is 1. The van der Waals surface area contributed by atoms with Crippen LogP contribution in [0.4, 0.5) is 5.69 Å². The minimum Gasteiger partial charge on any atom is -0.422 e. The maximum absolute atomic E-state index is 13.3. The third kappa shape index (κ3) is 2.83. The lowest BCUT2D eigenvalue weighted by Crippen LogP contribution is -2.30. The van der Waals surface area contributed by atoms with Gasteiger partial charge in [0.2, 0.25) is 0 Å². The van der Waals surface area contributed by atoms with E-state index in [1.165, 1.54) is 10.6 Å². The number of hydrogen-bond donors (Lipinski definition) is 1. The molecule has 7 heteroatoms. The van der Waals surface area contributed by atoms with Gasteiger partial charge in [-0.05, 0) is 31.2 Å². The highest BCUT2D eigenvalue weighted by molar-refractivity contribution is 7.64. The minimum absolute atomic E-state index is 0.276. The van der Waals surface area contributed by atoms with Crippen LogP contribution in [-0.4, -0.2) is 6.61 Å². The molecule has 26 heavy (non-hydrogen) atoms. The molecule has 0 amide bonds. The first kappa shape index (κ1) is 16.6. The van der Waals surface area contributed by atoms with Crippen LogP contribution in [0.1, 0.15) is 12.5 Å². The van der Waals surface area contributed by atoms with Crippen molar-refractivity contribution in [3.8, 4) is 0 Å². The van der Waals surface area contributed by atoms with Gasteiger partial charge in [0.15, 0.2) is 0 Å². The van der Waals surface area contributed by atoms with Crippen molar-refractivity contribution in [3.63, 3.8) is 0 Å². The number of hydrazine groups is 1. The Kier molecular flexibility index (Phi) is 4.15. The maximum Gasteiger partial charge on any atom is 0.345 e. The van der Waals surface area contributed by atoms with Gasteiger partial charge in [-0.3, -0.25) is 9.99 Å².